The number of aliphatic hydroxyl groups excluding tert-OH is 1. The van der Waals surface area contributed by atoms with Crippen LogP contribution in [0, 0.1) is 13.8 Å². The number of aliphatic hydroxyl groups is 1. The molecule has 182 valence electrons. The van der Waals surface area contributed by atoms with E-state index in [0.29, 0.717) is 46.1 Å². The van der Waals surface area contributed by atoms with Crippen LogP contribution in [0.1, 0.15) is 40.5 Å². The van der Waals surface area contributed by atoms with E-state index in [4.69, 9.17) is 9.47 Å². The molecule has 2 heterocycles. The van der Waals surface area contributed by atoms with Crippen molar-refractivity contribution in [3.63, 3.8) is 0 Å². The number of aromatic amines is 1. The van der Waals surface area contributed by atoms with Crippen LogP contribution in [0.15, 0.2) is 41.7 Å². The molecule has 1 aromatic carbocycles. The fourth-order valence-electron chi connectivity index (χ4n) is 3.58. The lowest BCUT2D eigenvalue weighted by atomic mass is 10.2. The minimum absolute atomic E-state index is 0.132. The topological polar surface area (TPSA) is 105 Å². The molecule has 2 aromatic heterocycles. The van der Waals surface area contributed by atoms with E-state index in [1.807, 2.05) is 36.1 Å². The zero-order chi connectivity index (χ0) is 24.8. The number of H-pyrrole nitrogens is 1. The Morgan fingerprint density at radius 1 is 1.32 bits per heavy atom. The monoisotopic (exact) mass is 485 g/mol. The third kappa shape index (κ3) is 6.31. The third-order valence-electron chi connectivity index (χ3n) is 5.13. The van der Waals surface area contributed by atoms with Gasteiger partial charge in [0.25, 0.3) is 5.56 Å². The molecular formula is C25H31N3O5S. The molecule has 8 nitrogen and oxygen atoms in total. The summed E-state index contributed by atoms with van der Waals surface area (Å²) in [5.41, 5.74) is 1.26. The predicted octanol–water partition coefficient (Wildman–Crippen LogP) is 3.59. The van der Waals surface area contributed by atoms with E-state index in [1.165, 1.54) is 0 Å². The van der Waals surface area contributed by atoms with Gasteiger partial charge in [0.15, 0.2) is 0 Å². The highest BCUT2D eigenvalue weighted by Crippen LogP contribution is 2.28. The number of aromatic nitrogens is 2. The molecule has 0 saturated heterocycles. The van der Waals surface area contributed by atoms with Gasteiger partial charge in [0.2, 0.25) is 0 Å². The van der Waals surface area contributed by atoms with E-state index in [1.54, 1.807) is 26.8 Å². The zero-order valence-corrected chi connectivity index (χ0v) is 20.8. The smallest absolute Gasteiger partial charge is 0.348 e. The molecule has 0 radical (unpaired) electrons. The first-order chi connectivity index (χ1) is 16.2. The predicted molar refractivity (Wildman–Crippen MR) is 134 cm³/mol. The molecule has 0 spiro atoms. The Bertz CT molecular complexity index is 1220. The maximum absolute atomic E-state index is 12.8. The minimum atomic E-state index is -0.753. The molecule has 1 atom stereocenters. The molecule has 0 amide bonds. The fraction of sp³-hybridized carbons (Fsp3) is 0.400. The molecule has 0 aliphatic heterocycles. The molecule has 0 bridgehead atoms. The van der Waals surface area contributed by atoms with Crippen LogP contribution in [-0.2, 0) is 11.3 Å². The van der Waals surface area contributed by atoms with Gasteiger partial charge >= 0.3 is 5.97 Å². The first-order valence-corrected chi connectivity index (χ1v) is 11.9. The van der Waals surface area contributed by atoms with E-state index < -0.39 is 12.1 Å². The second-order valence-electron chi connectivity index (χ2n) is 8.42. The molecule has 9 heteroatoms. The number of hydrogen-bond donors (Lipinski definition) is 2. The summed E-state index contributed by atoms with van der Waals surface area (Å²) in [5, 5.41) is 10.9. The number of esters is 1. The van der Waals surface area contributed by atoms with Gasteiger partial charge in [-0.05, 0) is 44.9 Å². The number of para-hydroxylation sites is 1. The van der Waals surface area contributed by atoms with Crippen molar-refractivity contribution in [2.45, 2.75) is 46.4 Å². The number of aryl methyl sites for hydroxylation is 2. The van der Waals surface area contributed by atoms with Crippen LogP contribution in [0.2, 0.25) is 0 Å². The molecule has 34 heavy (non-hydrogen) atoms. The highest BCUT2D eigenvalue weighted by molar-refractivity contribution is 7.20. The van der Waals surface area contributed by atoms with Crippen molar-refractivity contribution >= 4 is 27.5 Å². The number of ether oxygens (including phenoxy) is 2. The number of carbonyl (C=O) groups excluding carboxylic acids is 1. The highest BCUT2D eigenvalue weighted by atomic mass is 32.1. The Balaban J connectivity index is 1.74. The second-order valence-corrected chi connectivity index (χ2v) is 9.42. The van der Waals surface area contributed by atoms with Crippen molar-refractivity contribution in [3.8, 4) is 5.75 Å². The van der Waals surface area contributed by atoms with Gasteiger partial charge in [0.05, 0.1) is 18.0 Å². The van der Waals surface area contributed by atoms with Gasteiger partial charge in [-0.3, -0.25) is 9.69 Å². The zero-order valence-electron chi connectivity index (χ0n) is 20.0. The number of thiophene rings is 1. The fourth-order valence-corrected chi connectivity index (χ4v) is 4.66. The number of fused-ring (bicyclic) bond motifs is 1. The summed E-state index contributed by atoms with van der Waals surface area (Å²) in [5.74, 6) is 0.714. The summed E-state index contributed by atoms with van der Waals surface area (Å²) in [6.45, 7) is 12.2. The van der Waals surface area contributed by atoms with Crippen LogP contribution in [-0.4, -0.2) is 57.8 Å². The maximum Gasteiger partial charge on any atom is 0.348 e. The number of nitrogens with one attached hydrogen (secondary N) is 1. The number of carbonyl (C=O) groups is 1. The average Bonchev–Trinajstić information content (AvgIpc) is 3.09. The van der Waals surface area contributed by atoms with E-state index in [2.05, 4.69) is 16.5 Å². The Labute approximate surface area is 202 Å². The lowest BCUT2D eigenvalue weighted by molar-refractivity contribution is 0.0383. The van der Waals surface area contributed by atoms with Crippen LogP contribution in [0.25, 0.3) is 10.2 Å². The Morgan fingerprint density at radius 2 is 2.06 bits per heavy atom. The lowest BCUT2D eigenvalue weighted by Crippen LogP contribution is -2.36. The summed E-state index contributed by atoms with van der Waals surface area (Å²) >= 11 is 1.15. The van der Waals surface area contributed by atoms with Crippen LogP contribution in [0.3, 0.4) is 0 Å². The molecule has 0 fully saturated rings. The quantitative estimate of drug-likeness (QED) is 0.316. The van der Waals surface area contributed by atoms with E-state index in [-0.39, 0.29) is 18.3 Å². The van der Waals surface area contributed by atoms with Crippen LogP contribution < -0.4 is 10.3 Å². The molecular weight excluding hydrogens is 454 g/mol. The number of rotatable bonds is 11. The Morgan fingerprint density at radius 3 is 2.74 bits per heavy atom. The van der Waals surface area contributed by atoms with Gasteiger partial charge in [-0.15, -0.1) is 17.9 Å². The Hall–Kier alpha value is -3.01. The summed E-state index contributed by atoms with van der Waals surface area (Å²) in [6, 6.07) is 7.63. The third-order valence-corrected chi connectivity index (χ3v) is 6.30. The summed E-state index contributed by atoms with van der Waals surface area (Å²) in [7, 11) is 0. The van der Waals surface area contributed by atoms with Gasteiger partial charge < -0.3 is 19.6 Å². The maximum atomic E-state index is 12.8. The molecule has 2 N–H and O–H groups in total. The molecule has 0 saturated carbocycles. The average molecular weight is 486 g/mol. The molecule has 0 aliphatic rings. The van der Waals surface area contributed by atoms with Gasteiger partial charge in [0, 0.05) is 13.1 Å². The summed E-state index contributed by atoms with van der Waals surface area (Å²) in [4.78, 5) is 35.3. The lowest BCUT2D eigenvalue weighted by Gasteiger charge is -2.23. The number of nitrogens with zero attached hydrogens (tertiary/aromatic N) is 2. The first-order valence-electron chi connectivity index (χ1n) is 11.1. The van der Waals surface area contributed by atoms with Gasteiger partial charge in [-0.1, -0.05) is 24.3 Å². The molecule has 0 aliphatic carbocycles. The van der Waals surface area contributed by atoms with E-state index in [0.717, 1.165) is 22.6 Å². The highest BCUT2D eigenvalue weighted by Gasteiger charge is 2.22. The van der Waals surface area contributed by atoms with Gasteiger partial charge in [0.1, 0.15) is 34.0 Å². The largest absolute Gasteiger partial charge is 0.491 e. The molecule has 1 unspecified atom stereocenters. The normalized spacial score (nSPS) is 12.3. The van der Waals surface area contributed by atoms with Gasteiger partial charge in [-0.2, -0.15) is 0 Å². The summed E-state index contributed by atoms with van der Waals surface area (Å²) < 4.78 is 11.0. The van der Waals surface area contributed by atoms with Crippen molar-refractivity contribution in [2.24, 2.45) is 0 Å². The first kappa shape index (κ1) is 25.6. The van der Waals surface area contributed by atoms with Crippen molar-refractivity contribution in [3.05, 3.63) is 69.1 Å². The summed E-state index contributed by atoms with van der Waals surface area (Å²) in [6.07, 6.45) is 0.713. The Kier molecular flexibility index (Phi) is 8.60. The van der Waals surface area contributed by atoms with Crippen molar-refractivity contribution in [2.75, 3.05) is 19.7 Å². The van der Waals surface area contributed by atoms with Gasteiger partial charge in [-0.25, -0.2) is 9.78 Å². The number of benzene rings is 1. The SMILES string of the molecule is C=CCN(Cc1nc2sc(C(=O)OC(C)C)c(C)c2c(=O)[nH]1)CC(O)COc1ccccc1C. The van der Waals surface area contributed by atoms with Crippen molar-refractivity contribution in [1.29, 1.82) is 0 Å². The minimum Gasteiger partial charge on any atom is -0.491 e. The van der Waals surface area contributed by atoms with Crippen molar-refractivity contribution < 1.29 is 19.4 Å². The molecule has 3 rings (SSSR count). The van der Waals surface area contributed by atoms with Crippen LogP contribution in [0.5, 0.6) is 5.75 Å². The van der Waals surface area contributed by atoms with Crippen LogP contribution in [0.4, 0.5) is 0 Å². The second kappa shape index (κ2) is 11.4. The van der Waals surface area contributed by atoms with E-state index in [9.17, 15) is 14.7 Å². The van der Waals surface area contributed by atoms with E-state index >= 15 is 0 Å². The number of hydrogen-bond acceptors (Lipinski definition) is 8. The standard InChI is InChI=1S/C25H31N3O5S/c1-6-11-28(12-18(29)14-32-19-10-8-7-9-16(19)4)13-20-26-23(30)21-17(5)22(34-24(21)27-20)25(31)33-15(2)3/h6-10,15,18,29H,1,11-14H2,2-5H3,(H,26,27,30). The van der Waals surface area contributed by atoms with Crippen LogP contribution >= 0.6 is 11.3 Å². The molecule has 3 aromatic rings. The van der Waals surface area contributed by atoms with Crippen molar-refractivity contribution in [1.82, 2.24) is 14.9 Å².